The fraction of sp³-hybridized carbons (Fsp3) is 0.478. The number of phenols is 1. The summed E-state index contributed by atoms with van der Waals surface area (Å²) >= 11 is 0. The minimum atomic E-state index is -0.0378. The zero-order chi connectivity index (χ0) is 19.3. The topological polar surface area (TPSA) is 47.9 Å². The monoisotopic (exact) mass is 368 g/mol. The first-order valence-electron chi connectivity index (χ1n) is 9.59. The first-order chi connectivity index (χ1) is 12.9. The Morgan fingerprint density at radius 3 is 2.44 bits per heavy atom. The molecule has 3 atom stereocenters. The van der Waals surface area contributed by atoms with Gasteiger partial charge in [0, 0.05) is 11.0 Å². The highest BCUT2D eigenvalue weighted by atomic mass is 16.5. The van der Waals surface area contributed by atoms with Gasteiger partial charge < -0.3 is 19.3 Å². The molecule has 0 radical (unpaired) electrons. The van der Waals surface area contributed by atoms with Gasteiger partial charge in [0.05, 0.1) is 21.3 Å². The molecule has 1 N–H and O–H groups in total. The molecule has 3 unspecified atom stereocenters. The highest BCUT2D eigenvalue weighted by Crippen LogP contribution is 2.58. The third kappa shape index (κ3) is 2.42. The van der Waals surface area contributed by atoms with Crippen LogP contribution < -0.4 is 14.2 Å². The lowest BCUT2D eigenvalue weighted by atomic mass is 9.52. The number of hydrogen-bond acceptors (Lipinski definition) is 4. The average Bonchev–Trinajstić information content (AvgIpc) is 2.68. The lowest BCUT2D eigenvalue weighted by Crippen LogP contribution is -2.45. The summed E-state index contributed by atoms with van der Waals surface area (Å²) in [4.78, 5) is 0. The number of ether oxygens (including phenoxy) is 3. The molecule has 4 rings (SSSR count). The number of phenolic OH excluding ortho intramolecular Hbond substituents is 1. The molecule has 4 nitrogen and oxygen atoms in total. The van der Waals surface area contributed by atoms with Crippen LogP contribution in [0.25, 0.3) is 0 Å². The van der Waals surface area contributed by atoms with Gasteiger partial charge in [-0.3, -0.25) is 0 Å². The van der Waals surface area contributed by atoms with Crippen LogP contribution in [0, 0.1) is 5.92 Å². The van der Waals surface area contributed by atoms with Crippen molar-refractivity contribution in [1.82, 2.24) is 0 Å². The molecule has 2 aliphatic rings. The highest BCUT2D eigenvalue weighted by Gasteiger charge is 2.49. The summed E-state index contributed by atoms with van der Waals surface area (Å²) in [5.74, 6) is 3.24. The minimum Gasteiger partial charge on any atom is -0.504 e. The van der Waals surface area contributed by atoms with Crippen LogP contribution in [0.5, 0.6) is 23.0 Å². The van der Waals surface area contributed by atoms with Gasteiger partial charge in [-0.15, -0.1) is 0 Å². The van der Waals surface area contributed by atoms with Crippen molar-refractivity contribution >= 4 is 0 Å². The van der Waals surface area contributed by atoms with Crippen molar-refractivity contribution in [2.24, 2.45) is 5.92 Å². The Hall–Kier alpha value is -2.36. The van der Waals surface area contributed by atoms with Crippen molar-refractivity contribution in [3.05, 3.63) is 46.5 Å². The molecule has 27 heavy (non-hydrogen) atoms. The van der Waals surface area contributed by atoms with E-state index in [0.717, 1.165) is 30.8 Å². The van der Waals surface area contributed by atoms with Gasteiger partial charge in [-0.1, -0.05) is 19.9 Å². The Kier molecular flexibility index (Phi) is 4.25. The van der Waals surface area contributed by atoms with E-state index in [0.29, 0.717) is 17.6 Å². The van der Waals surface area contributed by atoms with Gasteiger partial charge in [-0.25, -0.2) is 0 Å². The van der Waals surface area contributed by atoms with Gasteiger partial charge in [0.15, 0.2) is 23.0 Å². The van der Waals surface area contributed by atoms with E-state index in [2.05, 4.69) is 19.9 Å². The molecular formula is C23H28O4. The van der Waals surface area contributed by atoms with Crippen LogP contribution in [-0.4, -0.2) is 26.4 Å². The molecule has 0 aromatic heterocycles. The third-order valence-electron chi connectivity index (χ3n) is 7.10. The van der Waals surface area contributed by atoms with Gasteiger partial charge >= 0.3 is 0 Å². The predicted molar refractivity (Wildman–Crippen MR) is 105 cm³/mol. The Labute approximate surface area is 161 Å². The molecule has 0 heterocycles. The van der Waals surface area contributed by atoms with Crippen LogP contribution in [0.15, 0.2) is 24.3 Å². The third-order valence-corrected chi connectivity index (χ3v) is 7.10. The number of rotatable bonds is 3. The molecule has 0 saturated heterocycles. The van der Waals surface area contributed by atoms with E-state index in [9.17, 15) is 5.11 Å². The maximum atomic E-state index is 10.4. The molecule has 0 fully saturated rings. The fourth-order valence-electron chi connectivity index (χ4n) is 5.42. The number of hydrogen-bond donors (Lipinski definition) is 1. The highest BCUT2D eigenvalue weighted by molar-refractivity contribution is 5.58. The molecule has 0 amide bonds. The normalized spacial score (nSPS) is 25.8. The Bertz CT molecular complexity index is 888. The maximum Gasteiger partial charge on any atom is 0.164 e. The smallest absolute Gasteiger partial charge is 0.164 e. The molecule has 0 aliphatic heterocycles. The molecule has 0 bridgehead atoms. The molecular weight excluding hydrogens is 340 g/mol. The van der Waals surface area contributed by atoms with E-state index in [1.54, 1.807) is 21.3 Å². The van der Waals surface area contributed by atoms with Gasteiger partial charge in [0.2, 0.25) is 0 Å². The average molecular weight is 368 g/mol. The molecule has 0 spiro atoms. The number of methoxy groups -OCH3 is 3. The van der Waals surface area contributed by atoms with Crippen molar-refractivity contribution < 1.29 is 19.3 Å². The molecule has 2 aromatic carbocycles. The first kappa shape index (κ1) is 18.0. The van der Waals surface area contributed by atoms with Crippen molar-refractivity contribution in [3.63, 3.8) is 0 Å². The first-order valence-corrected chi connectivity index (χ1v) is 9.59. The van der Waals surface area contributed by atoms with Crippen LogP contribution in [0.2, 0.25) is 0 Å². The number of benzene rings is 2. The lowest BCUT2D eigenvalue weighted by molar-refractivity contribution is 0.195. The molecule has 2 aliphatic carbocycles. The van der Waals surface area contributed by atoms with E-state index in [-0.39, 0.29) is 11.2 Å². The predicted octanol–water partition coefficient (Wildman–Crippen LogP) is 4.60. The van der Waals surface area contributed by atoms with Crippen LogP contribution in [-0.2, 0) is 18.3 Å². The summed E-state index contributed by atoms with van der Waals surface area (Å²) in [5.41, 5.74) is 5.09. The second-order valence-electron chi connectivity index (χ2n) is 7.99. The van der Waals surface area contributed by atoms with Crippen molar-refractivity contribution in [1.29, 1.82) is 0 Å². The molecule has 0 saturated carbocycles. The van der Waals surface area contributed by atoms with Gasteiger partial charge in [-0.05, 0) is 66.0 Å². The Balaban J connectivity index is 1.89. The van der Waals surface area contributed by atoms with Crippen LogP contribution in [0.4, 0.5) is 0 Å². The number of fused-ring (bicyclic) bond motifs is 4. The van der Waals surface area contributed by atoms with Crippen molar-refractivity contribution in [2.75, 3.05) is 21.3 Å². The van der Waals surface area contributed by atoms with Crippen LogP contribution >= 0.6 is 0 Å². The summed E-state index contributed by atoms with van der Waals surface area (Å²) in [7, 11) is 5.01. The zero-order valence-corrected chi connectivity index (χ0v) is 16.8. The summed E-state index contributed by atoms with van der Waals surface area (Å²) in [6, 6.07) is 8.14. The van der Waals surface area contributed by atoms with E-state index in [1.807, 2.05) is 18.2 Å². The number of aryl methyl sites for hydroxylation is 1. The molecule has 144 valence electrons. The zero-order valence-electron chi connectivity index (χ0n) is 16.8. The molecule has 2 aromatic rings. The standard InChI is InChI=1S/C23H28O4/c1-13-16-8-9-20(25-3)22(27-5)17(16)11-15-7-6-14-10-21(26-4)19(24)12-18(14)23(13,15)2/h8-10,12-13,15,24H,6-7,11H2,1-5H3. The van der Waals surface area contributed by atoms with Gasteiger partial charge in [0.25, 0.3) is 0 Å². The summed E-state index contributed by atoms with van der Waals surface area (Å²) in [6.07, 6.45) is 3.07. The molecule has 4 heteroatoms. The van der Waals surface area contributed by atoms with Crippen molar-refractivity contribution in [2.45, 2.75) is 44.4 Å². The van der Waals surface area contributed by atoms with Crippen molar-refractivity contribution in [3.8, 4) is 23.0 Å². The lowest BCUT2D eigenvalue weighted by Gasteiger charge is -2.51. The summed E-state index contributed by atoms with van der Waals surface area (Å²) < 4.78 is 16.6. The summed E-state index contributed by atoms with van der Waals surface area (Å²) in [6.45, 7) is 4.65. The van der Waals surface area contributed by atoms with Crippen LogP contribution in [0.3, 0.4) is 0 Å². The SMILES string of the molecule is COc1cc2c(cc1O)C1(C)C(CC2)Cc2c(ccc(OC)c2OC)C1C. The largest absolute Gasteiger partial charge is 0.504 e. The van der Waals surface area contributed by atoms with Gasteiger partial charge in [-0.2, -0.15) is 0 Å². The van der Waals surface area contributed by atoms with E-state index < -0.39 is 0 Å². The second-order valence-corrected chi connectivity index (χ2v) is 7.99. The van der Waals surface area contributed by atoms with Crippen LogP contribution in [0.1, 0.15) is 48.4 Å². The maximum absolute atomic E-state index is 10.4. The van der Waals surface area contributed by atoms with E-state index in [4.69, 9.17) is 14.2 Å². The fourth-order valence-corrected chi connectivity index (χ4v) is 5.42. The van der Waals surface area contributed by atoms with E-state index in [1.165, 1.54) is 22.3 Å². The quantitative estimate of drug-likeness (QED) is 0.860. The Morgan fingerprint density at radius 2 is 1.78 bits per heavy atom. The second kappa shape index (κ2) is 6.36. The Morgan fingerprint density at radius 1 is 1.04 bits per heavy atom. The summed E-state index contributed by atoms with van der Waals surface area (Å²) in [5, 5.41) is 10.4. The van der Waals surface area contributed by atoms with Gasteiger partial charge in [0.1, 0.15) is 0 Å². The minimum absolute atomic E-state index is 0.0378. The number of aromatic hydroxyl groups is 1. The van der Waals surface area contributed by atoms with E-state index >= 15 is 0 Å².